The van der Waals surface area contributed by atoms with E-state index in [0.29, 0.717) is 61.2 Å². The van der Waals surface area contributed by atoms with Crippen molar-refractivity contribution in [2.75, 3.05) is 44.2 Å². The molecule has 186 valence electrons. The summed E-state index contributed by atoms with van der Waals surface area (Å²) in [5, 5.41) is 3.80. The Labute approximate surface area is 208 Å². The number of methoxy groups -OCH3 is 2. The number of aromatic nitrogens is 4. The lowest BCUT2D eigenvalue weighted by Gasteiger charge is -2.30. The molecule has 0 fully saturated rings. The number of nitrogens with one attached hydrogen (secondary N) is 2. The van der Waals surface area contributed by atoms with Gasteiger partial charge < -0.3 is 24.4 Å². The van der Waals surface area contributed by atoms with Crippen molar-refractivity contribution in [1.82, 2.24) is 19.9 Å². The number of rotatable bonds is 9. The first-order chi connectivity index (χ1) is 17.7. The third kappa shape index (κ3) is 4.94. The minimum Gasteiger partial charge on any atom is -0.497 e. The van der Waals surface area contributed by atoms with E-state index >= 15 is 0 Å². The quantitative estimate of drug-likeness (QED) is 0.343. The molecule has 0 saturated carbocycles. The van der Waals surface area contributed by atoms with Gasteiger partial charge in [0.1, 0.15) is 29.3 Å². The Hall–Kier alpha value is -4.18. The van der Waals surface area contributed by atoms with Crippen LogP contribution in [0.15, 0.2) is 53.6 Å². The van der Waals surface area contributed by atoms with Gasteiger partial charge in [0.05, 0.1) is 31.5 Å². The van der Waals surface area contributed by atoms with Crippen LogP contribution in [0.4, 0.5) is 11.8 Å². The van der Waals surface area contributed by atoms with E-state index < -0.39 is 0 Å². The van der Waals surface area contributed by atoms with E-state index in [1.807, 2.05) is 24.3 Å². The molecule has 0 atom stereocenters. The summed E-state index contributed by atoms with van der Waals surface area (Å²) < 4.78 is 16.3. The lowest BCUT2D eigenvalue weighted by molar-refractivity contribution is 0.147. The fourth-order valence-electron chi connectivity index (χ4n) is 4.32. The molecule has 10 nitrogen and oxygen atoms in total. The van der Waals surface area contributed by atoms with Crippen molar-refractivity contribution >= 4 is 22.7 Å². The van der Waals surface area contributed by atoms with Crippen molar-refractivity contribution in [3.8, 4) is 11.5 Å². The van der Waals surface area contributed by atoms with E-state index in [2.05, 4.69) is 25.2 Å². The first-order valence-electron chi connectivity index (χ1n) is 11.8. The topological polar surface area (TPSA) is 114 Å². The van der Waals surface area contributed by atoms with Crippen molar-refractivity contribution in [2.45, 2.75) is 19.5 Å². The highest BCUT2D eigenvalue weighted by Gasteiger charge is 2.23. The van der Waals surface area contributed by atoms with E-state index in [-0.39, 0.29) is 5.56 Å². The molecule has 0 bridgehead atoms. The maximum atomic E-state index is 13.1. The molecule has 2 N–H and O–H groups in total. The van der Waals surface area contributed by atoms with Crippen molar-refractivity contribution in [3.63, 3.8) is 0 Å². The molecule has 4 aromatic rings. The molecule has 1 aliphatic heterocycles. The molecular formula is C26H28N6O4. The van der Waals surface area contributed by atoms with E-state index in [9.17, 15) is 4.79 Å². The molecule has 1 aromatic carbocycles. The summed E-state index contributed by atoms with van der Waals surface area (Å²) in [6.07, 6.45) is 4.34. The van der Waals surface area contributed by atoms with Gasteiger partial charge in [-0.05, 0) is 30.2 Å². The van der Waals surface area contributed by atoms with Gasteiger partial charge in [-0.2, -0.15) is 0 Å². The first kappa shape index (κ1) is 23.6. The van der Waals surface area contributed by atoms with Crippen LogP contribution in [0.1, 0.15) is 16.8 Å². The van der Waals surface area contributed by atoms with E-state index in [1.165, 1.54) is 5.56 Å². The number of benzene rings is 1. The fraction of sp³-hybridized carbons (Fsp3) is 0.308. The van der Waals surface area contributed by atoms with E-state index in [4.69, 9.17) is 19.2 Å². The molecule has 10 heteroatoms. The van der Waals surface area contributed by atoms with Gasteiger partial charge >= 0.3 is 0 Å². The largest absolute Gasteiger partial charge is 0.497 e. The number of pyridine rings is 2. The molecule has 4 heterocycles. The van der Waals surface area contributed by atoms with Crippen molar-refractivity contribution in [2.24, 2.45) is 0 Å². The number of hydrogen-bond donors (Lipinski definition) is 2. The molecule has 5 rings (SSSR count). The molecule has 0 saturated heterocycles. The standard InChI is InChI=1S/C26H28N6O4/c1-34-11-12-36-22-14-19(35-2)13-21-23(22)25(33)31-26(30-21)32-10-7-20-17(16-32)6-9-28-24(20)29-15-18-5-3-4-8-27-18/h3-6,8-9,13-14H,7,10-12,15-16H2,1-2H3,(H,28,29)(H,30,31,33). The lowest BCUT2D eigenvalue weighted by Crippen LogP contribution is -2.33. The molecule has 0 amide bonds. The summed E-state index contributed by atoms with van der Waals surface area (Å²) in [6.45, 7) is 2.61. The van der Waals surface area contributed by atoms with Gasteiger partial charge in [-0.15, -0.1) is 0 Å². The number of nitrogens with zero attached hydrogens (tertiary/aromatic N) is 4. The van der Waals surface area contributed by atoms with Gasteiger partial charge in [-0.25, -0.2) is 9.97 Å². The average molecular weight is 489 g/mol. The van der Waals surface area contributed by atoms with Crippen LogP contribution >= 0.6 is 0 Å². The SMILES string of the molecule is COCCOc1cc(OC)cc2nc(N3CCc4c(ccnc4NCc4ccccn4)C3)[nH]c(=O)c12. The smallest absolute Gasteiger partial charge is 0.263 e. The van der Waals surface area contributed by atoms with Crippen LogP contribution in [0.2, 0.25) is 0 Å². The second kappa shape index (κ2) is 10.6. The van der Waals surface area contributed by atoms with Gasteiger partial charge in [0.15, 0.2) is 0 Å². The van der Waals surface area contributed by atoms with Gasteiger partial charge in [0.2, 0.25) is 5.95 Å². The Morgan fingerprint density at radius 2 is 2.03 bits per heavy atom. The summed E-state index contributed by atoms with van der Waals surface area (Å²) in [6, 6.07) is 11.3. The molecule has 0 spiro atoms. The summed E-state index contributed by atoms with van der Waals surface area (Å²) in [5.41, 5.74) is 3.51. The lowest BCUT2D eigenvalue weighted by atomic mass is 10.0. The average Bonchev–Trinajstić information content (AvgIpc) is 2.91. The molecule has 3 aromatic heterocycles. The van der Waals surface area contributed by atoms with Crippen molar-refractivity contribution in [1.29, 1.82) is 0 Å². The van der Waals surface area contributed by atoms with Gasteiger partial charge in [-0.3, -0.25) is 14.8 Å². The highest BCUT2D eigenvalue weighted by molar-refractivity contribution is 5.86. The number of anilines is 2. The Kier molecular flexibility index (Phi) is 6.94. The summed E-state index contributed by atoms with van der Waals surface area (Å²) in [4.78, 5) is 31.8. The van der Waals surface area contributed by atoms with Crippen molar-refractivity contribution < 1.29 is 14.2 Å². The number of ether oxygens (including phenoxy) is 3. The molecule has 0 radical (unpaired) electrons. The third-order valence-electron chi connectivity index (χ3n) is 6.12. The number of hydrogen-bond acceptors (Lipinski definition) is 9. The third-order valence-corrected chi connectivity index (χ3v) is 6.12. The second-order valence-corrected chi connectivity index (χ2v) is 8.39. The van der Waals surface area contributed by atoms with Crippen LogP contribution in [-0.4, -0.2) is 53.9 Å². The number of H-pyrrole nitrogens is 1. The van der Waals surface area contributed by atoms with Gasteiger partial charge in [-0.1, -0.05) is 6.07 Å². The number of aromatic amines is 1. The highest BCUT2D eigenvalue weighted by atomic mass is 16.5. The maximum Gasteiger partial charge on any atom is 0.263 e. The van der Waals surface area contributed by atoms with Crippen LogP contribution in [0.3, 0.4) is 0 Å². The van der Waals surface area contributed by atoms with Gasteiger partial charge in [0.25, 0.3) is 5.56 Å². The predicted octanol–water partition coefficient (Wildman–Crippen LogP) is 2.92. The Balaban J connectivity index is 1.40. The zero-order chi connectivity index (χ0) is 24.9. The summed E-state index contributed by atoms with van der Waals surface area (Å²) >= 11 is 0. The Bertz CT molecular complexity index is 1410. The van der Waals surface area contributed by atoms with Crippen molar-refractivity contribution in [3.05, 3.63) is 76.0 Å². The Morgan fingerprint density at radius 1 is 1.11 bits per heavy atom. The molecular weight excluding hydrogens is 460 g/mol. The van der Waals surface area contributed by atoms with E-state index in [0.717, 1.165) is 23.5 Å². The minimum absolute atomic E-state index is 0.261. The van der Waals surface area contributed by atoms with Crippen LogP contribution < -0.4 is 25.2 Å². The van der Waals surface area contributed by atoms with Crippen LogP contribution in [0.5, 0.6) is 11.5 Å². The monoisotopic (exact) mass is 488 g/mol. The first-order valence-corrected chi connectivity index (χ1v) is 11.8. The zero-order valence-electron chi connectivity index (χ0n) is 20.3. The minimum atomic E-state index is -0.261. The molecule has 0 unspecified atom stereocenters. The highest BCUT2D eigenvalue weighted by Crippen LogP contribution is 2.30. The molecule has 36 heavy (non-hydrogen) atoms. The summed E-state index contributed by atoms with van der Waals surface area (Å²) in [7, 11) is 3.17. The van der Waals surface area contributed by atoms with Crippen LogP contribution in [0, 0.1) is 0 Å². The number of fused-ring (bicyclic) bond motifs is 2. The van der Waals surface area contributed by atoms with Gasteiger partial charge in [0, 0.05) is 50.3 Å². The fourth-order valence-corrected chi connectivity index (χ4v) is 4.32. The zero-order valence-corrected chi connectivity index (χ0v) is 20.3. The predicted molar refractivity (Wildman–Crippen MR) is 137 cm³/mol. The summed E-state index contributed by atoms with van der Waals surface area (Å²) in [5.74, 6) is 2.35. The maximum absolute atomic E-state index is 13.1. The van der Waals surface area contributed by atoms with Crippen LogP contribution in [-0.2, 0) is 24.2 Å². The normalized spacial score (nSPS) is 12.9. The molecule has 1 aliphatic rings. The van der Waals surface area contributed by atoms with Crippen LogP contribution in [0.25, 0.3) is 10.9 Å². The second-order valence-electron chi connectivity index (χ2n) is 8.39. The Morgan fingerprint density at radius 3 is 2.83 bits per heavy atom. The molecule has 0 aliphatic carbocycles. The van der Waals surface area contributed by atoms with E-state index in [1.54, 1.807) is 38.7 Å².